The van der Waals surface area contributed by atoms with Crippen LogP contribution in [0, 0.1) is 0 Å². The molecule has 1 heterocycles. The average Bonchev–Trinajstić information content (AvgIpc) is 3.18. The molecule has 0 saturated carbocycles. The number of benzene rings is 3. The predicted octanol–water partition coefficient (Wildman–Crippen LogP) is 5.47. The molecule has 0 aliphatic rings. The van der Waals surface area contributed by atoms with E-state index in [1.807, 2.05) is 59.3 Å². The summed E-state index contributed by atoms with van der Waals surface area (Å²) in [6.45, 7) is 0. The maximum absolute atomic E-state index is 12.6. The minimum atomic E-state index is -4.17. The third kappa shape index (κ3) is 4.85. The molecule has 0 aliphatic carbocycles. The molecule has 2 N–H and O–H groups in total. The van der Waals surface area contributed by atoms with Gasteiger partial charge in [0.2, 0.25) is 0 Å². The van der Waals surface area contributed by atoms with Gasteiger partial charge in [0.1, 0.15) is 10.7 Å². The molecule has 0 spiro atoms. The molecule has 7 nitrogen and oxygen atoms in total. The second-order valence-electron chi connectivity index (χ2n) is 6.66. The van der Waals surface area contributed by atoms with Crippen LogP contribution in [0.1, 0.15) is 0 Å². The molecule has 4 rings (SSSR count). The molecular formula is C22H16BrClN4O3S. The van der Waals surface area contributed by atoms with E-state index in [4.69, 9.17) is 11.6 Å². The number of hydrogen-bond acceptors (Lipinski definition) is 4. The van der Waals surface area contributed by atoms with E-state index in [9.17, 15) is 13.2 Å². The molecule has 32 heavy (non-hydrogen) atoms. The molecule has 2 amide bonds. The maximum Gasteiger partial charge on any atom is 0.334 e. The summed E-state index contributed by atoms with van der Waals surface area (Å²) in [7, 11) is -4.17. The first kappa shape index (κ1) is 22.1. The highest BCUT2D eigenvalue weighted by molar-refractivity contribution is 9.10. The summed E-state index contributed by atoms with van der Waals surface area (Å²) in [5.74, 6) is 0.293. The van der Waals surface area contributed by atoms with E-state index in [1.54, 1.807) is 12.1 Å². The molecule has 4 aromatic rings. The number of sulfonamides is 1. The van der Waals surface area contributed by atoms with Gasteiger partial charge in [-0.3, -0.25) is 5.32 Å². The van der Waals surface area contributed by atoms with E-state index in [1.165, 1.54) is 22.9 Å². The Morgan fingerprint density at radius 2 is 1.59 bits per heavy atom. The van der Waals surface area contributed by atoms with Crippen molar-refractivity contribution in [3.63, 3.8) is 0 Å². The highest BCUT2D eigenvalue weighted by Crippen LogP contribution is 2.26. The summed E-state index contributed by atoms with van der Waals surface area (Å²) in [4.78, 5) is 12.4. The van der Waals surface area contributed by atoms with Gasteiger partial charge in [0.25, 0.3) is 10.0 Å². The highest BCUT2D eigenvalue weighted by atomic mass is 79.9. The van der Waals surface area contributed by atoms with Crippen LogP contribution in [0.15, 0.2) is 94.3 Å². The number of para-hydroxylation sites is 1. The van der Waals surface area contributed by atoms with Crippen molar-refractivity contribution in [3.8, 4) is 16.9 Å². The van der Waals surface area contributed by atoms with E-state index in [-0.39, 0.29) is 9.92 Å². The van der Waals surface area contributed by atoms with Gasteiger partial charge < -0.3 is 0 Å². The van der Waals surface area contributed by atoms with Gasteiger partial charge in [0, 0.05) is 16.1 Å². The number of urea groups is 1. The van der Waals surface area contributed by atoms with Crippen LogP contribution in [-0.4, -0.2) is 24.2 Å². The van der Waals surface area contributed by atoms with E-state index >= 15 is 0 Å². The fraction of sp³-hybridized carbons (Fsp3) is 0. The molecule has 0 aliphatic heterocycles. The van der Waals surface area contributed by atoms with E-state index in [2.05, 4.69) is 26.3 Å². The van der Waals surface area contributed by atoms with Gasteiger partial charge in [-0.15, -0.1) is 0 Å². The van der Waals surface area contributed by atoms with Gasteiger partial charge in [0.15, 0.2) is 0 Å². The lowest BCUT2D eigenvalue weighted by molar-refractivity contribution is 0.256. The van der Waals surface area contributed by atoms with Crippen LogP contribution in [0.5, 0.6) is 0 Å². The second kappa shape index (κ2) is 9.15. The van der Waals surface area contributed by atoms with Crippen LogP contribution < -0.4 is 10.0 Å². The minimum Gasteiger partial charge on any atom is -0.291 e. The van der Waals surface area contributed by atoms with Gasteiger partial charge in [0.05, 0.1) is 16.4 Å². The fourth-order valence-electron chi connectivity index (χ4n) is 2.98. The van der Waals surface area contributed by atoms with Crippen molar-refractivity contribution in [3.05, 3.63) is 94.4 Å². The predicted molar refractivity (Wildman–Crippen MR) is 127 cm³/mol. The van der Waals surface area contributed by atoms with Gasteiger partial charge in [-0.25, -0.2) is 22.6 Å². The summed E-state index contributed by atoms with van der Waals surface area (Å²) in [6.07, 6.45) is 0. The smallest absolute Gasteiger partial charge is 0.291 e. The molecule has 1 aromatic heterocycles. The third-order valence-electron chi connectivity index (χ3n) is 4.44. The van der Waals surface area contributed by atoms with Crippen LogP contribution in [0.4, 0.5) is 10.6 Å². The number of amides is 2. The van der Waals surface area contributed by atoms with Gasteiger partial charge in [-0.1, -0.05) is 70.0 Å². The first-order valence-electron chi connectivity index (χ1n) is 9.33. The number of carbonyl (C=O) groups excluding carboxylic acids is 1. The molecule has 0 atom stereocenters. The summed E-state index contributed by atoms with van der Waals surface area (Å²) >= 11 is 9.37. The van der Waals surface area contributed by atoms with Gasteiger partial charge in [-0.2, -0.15) is 5.10 Å². The molecule has 0 radical (unpaired) electrons. The lowest BCUT2D eigenvalue weighted by Crippen LogP contribution is -2.35. The number of carbonyl (C=O) groups is 1. The van der Waals surface area contributed by atoms with E-state index in [0.717, 1.165) is 10.0 Å². The Labute approximate surface area is 198 Å². The van der Waals surface area contributed by atoms with Crippen LogP contribution in [0.2, 0.25) is 5.02 Å². The minimum absolute atomic E-state index is 0.0136. The zero-order valence-electron chi connectivity index (χ0n) is 16.4. The SMILES string of the molecule is O=C(Nc1cc(-c2ccc(Br)cc2)nn1-c1ccccc1)NS(=O)(=O)c1ccccc1Cl. The third-order valence-corrected chi connectivity index (χ3v) is 6.80. The lowest BCUT2D eigenvalue weighted by Gasteiger charge is -2.11. The Bertz CT molecular complexity index is 1370. The Balaban J connectivity index is 1.65. The number of nitrogens with one attached hydrogen (secondary N) is 2. The van der Waals surface area contributed by atoms with Crippen molar-refractivity contribution in [2.45, 2.75) is 4.90 Å². The monoisotopic (exact) mass is 530 g/mol. The quantitative estimate of drug-likeness (QED) is 0.357. The second-order valence-corrected chi connectivity index (χ2v) is 9.63. The summed E-state index contributed by atoms with van der Waals surface area (Å²) in [5, 5.41) is 7.18. The van der Waals surface area contributed by atoms with Crippen molar-refractivity contribution in [1.29, 1.82) is 0 Å². The Morgan fingerprint density at radius 3 is 2.28 bits per heavy atom. The van der Waals surface area contributed by atoms with Gasteiger partial charge in [-0.05, 0) is 36.4 Å². The molecule has 3 aromatic carbocycles. The van der Waals surface area contributed by atoms with Crippen LogP contribution in [-0.2, 0) is 10.0 Å². The maximum atomic E-state index is 12.6. The van der Waals surface area contributed by atoms with Crippen LogP contribution >= 0.6 is 27.5 Å². The molecule has 0 saturated heterocycles. The fourth-order valence-corrected chi connectivity index (χ4v) is 4.67. The largest absolute Gasteiger partial charge is 0.334 e. The first-order valence-corrected chi connectivity index (χ1v) is 12.0. The molecule has 0 fully saturated rings. The Kier molecular flexibility index (Phi) is 6.31. The molecule has 0 unspecified atom stereocenters. The lowest BCUT2D eigenvalue weighted by atomic mass is 10.1. The standard InChI is InChI=1S/C22H16BrClN4O3S/c23-16-12-10-15(11-13-16)19-14-21(28(26-19)17-6-2-1-3-7-17)25-22(29)27-32(30,31)20-9-5-4-8-18(20)24/h1-14H,(H2,25,27,29). The molecular weight excluding hydrogens is 516 g/mol. The van der Waals surface area contributed by atoms with Crippen molar-refractivity contribution < 1.29 is 13.2 Å². The van der Waals surface area contributed by atoms with Crippen molar-refractivity contribution >= 4 is 49.4 Å². The van der Waals surface area contributed by atoms with Crippen molar-refractivity contribution in [2.75, 3.05) is 5.32 Å². The van der Waals surface area contributed by atoms with Crippen LogP contribution in [0.3, 0.4) is 0 Å². The number of aromatic nitrogens is 2. The average molecular weight is 532 g/mol. The topological polar surface area (TPSA) is 93.1 Å². The molecule has 10 heteroatoms. The number of halogens is 2. The Morgan fingerprint density at radius 1 is 0.938 bits per heavy atom. The summed E-state index contributed by atoms with van der Waals surface area (Å²) in [6, 6.07) is 23.3. The first-order chi connectivity index (χ1) is 15.3. The molecule has 0 bridgehead atoms. The van der Waals surface area contributed by atoms with Crippen molar-refractivity contribution in [2.24, 2.45) is 0 Å². The van der Waals surface area contributed by atoms with E-state index < -0.39 is 16.1 Å². The van der Waals surface area contributed by atoms with Crippen LogP contribution in [0.25, 0.3) is 16.9 Å². The number of anilines is 1. The molecule has 162 valence electrons. The normalized spacial score (nSPS) is 11.2. The number of rotatable bonds is 5. The summed E-state index contributed by atoms with van der Waals surface area (Å²) in [5.41, 5.74) is 2.13. The van der Waals surface area contributed by atoms with Crippen molar-refractivity contribution in [1.82, 2.24) is 14.5 Å². The number of hydrogen-bond donors (Lipinski definition) is 2. The Hall–Kier alpha value is -3.14. The zero-order valence-corrected chi connectivity index (χ0v) is 19.5. The number of nitrogens with zero attached hydrogens (tertiary/aromatic N) is 2. The van der Waals surface area contributed by atoms with E-state index in [0.29, 0.717) is 17.2 Å². The highest BCUT2D eigenvalue weighted by Gasteiger charge is 2.22. The zero-order chi connectivity index (χ0) is 22.7. The summed E-state index contributed by atoms with van der Waals surface area (Å²) < 4.78 is 29.6. The van der Waals surface area contributed by atoms with Gasteiger partial charge >= 0.3 is 6.03 Å².